The zero-order chi connectivity index (χ0) is 26.4. The molecule has 0 aliphatic carbocycles. The number of likely N-dealkylation sites (tertiary alicyclic amines) is 1. The Morgan fingerprint density at radius 1 is 1.05 bits per heavy atom. The van der Waals surface area contributed by atoms with Crippen molar-refractivity contribution >= 4 is 17.4 Å². The lowest BCUT2D eigenvalue weighted by molar-refractivity contribution is -0.140. The second-order valence-corrected chi connectivity index (χ2v) is 9.31. The van der Waals surface area contributed by atoms with E-state index in [1.807, 2.05) is 26.0 Å². The predicted molar refractivity (Wildman–Crippen MR) is 141 cm³/mol. The zero-order valence-corrected chi connectivity index (χ0v) is 21.4. The number of morpholine rings is 1. The summed E-state index contributed by atoms with van der Waals surface area (Å²) in [5, 5.41) is 11.3. The fourth-order valence-electron chi connectivity index (χ4n) is 4.55. The Bertz CT molecular complexity index is 1130. The molecule has 0 spiro atoms. The molecule has 2 fully saturated rings. The first-order valence-electron chi connectivity index (χ1n) is 12.6. The number of benzene rings is 2. The van der Waals surface area contributed by atoms with Gasteiger partial charge in [-0.2, -0.15) is 0 Å². The van der Waals surface area contributed by atoms with Crippen LogP contribution >= 0.6 is 0 Å². The number of nitrogens with zero attached hydrogens (tertiary/aromatic N) is 2. The Balaban J connectivity index is 1.68. The van der Waals surface area contributed by atoms with Crippen molar-refractivity contribution in [3.8, 4) is 11.5 Å². The maximum atomic E-state index is 13.3. The predicted octanol–water partition coefficient (Wildman–Crippen LogP) is 3.79. The molecule has 1 N–H and O–H groups in total. The zero-order valence-electron chi connectivity index (χ0n) is 21.4. The van der Waals surface area contributed by atoms with Crippen molar-refractivity contribution in [2.24, 2.45) is 0 Å². The standard InChI is InChI=1S/C29H34N2O6/c1-4-17-36-23-9-5-21(6-10-23)26-25(27(32)22-7-11-24(12-8-22)37-20(2)3)28(33)29(34)31(26)14-13-30-15-18-35-19-16-30/h4-12,20,26,32H,1,13-19H2,2-3H3/b27-25-. The fourth-order valence-corrected chi connectivity index (χ4v) is 4.55. The summed E-state index contributed by atoms with van der Waals surface area (Å²) in [6, 6.07) is 13.4. The van der Waals surface area contributed by atoms with Gasteiger partial charge >= 0.3 is 0 Å². The van der Waals surface area contributed by atoms with E-state index >= 15 is 0 Å². The van der Waals surface area contributed by atoms with Crippen molar-refractivity contribution in [1.82, 2.24) is 9.80 Å². The van der Waals surface area contributed by atoms with Crippen LogP contribution in [0.15, 0.2) is 66.8 Å². The molecule has 2 aromatic rings. The summed E-state index contributed by atoms with van der Waals surface area (Å²) < 4.78 is 16.7. The Kier molecular flexibility index (Phi) is 8.63. The third kappa shape index (κ3) is 6.21. The second kappa shape index (κ2) is 12.1. The molecular weight excluding hydrogens is 472 g/mol. The number of aliphatic hydroxyl groups is 1. The molecule has 37 heavy (non-hydrogen) atoms. The molecule has 0 saturated carbocycles. The first-order chi connectivity index (χ1) is 17.9. The molecule has 8 nitrogen and oxygen atoms in total. The van der Waals surface area contributed by atoms with Crippen LogP contribution in [0.25, 0.3) is 5.76 Å². The molecule has 1 atom stereocenters. The van der Waals surface area contributed by atoms with Gasteiger partial charge in [0.05, 0.1) is 30.9 Å². The highest BCUT2D eigenvalue weighted by atomic mass is 16.5. The molecule has 2 aliphatic heterocycles. The summed E-state index contributed by atoms with van der Waals surface area (Å²) in [6.07, 6.45) is 1.67. The quantitative estimate of drug-likeness (QED) is 0.227. The van der Waals surface area contributed by atoms with Gasteiger partial charge in [0.25, 0.3) is 11.7 Å². The molecule has 0 bridgehead atoms. The van der Waals surface area contributed by atoms with Crippen LogP contribution in [0.1, 0.15) is 31.0 Å². The average Bonchev–Trinajstić information content (AvgIpc) is 3.16. The van der Waals surface area contributed by atoms with Gasteiger partial charge in [0.1, 0.15) is 23.9 Å². The van der Waals surface area contributed by atoms with Gasteiger partial charge in [-0.3, -0.25) is 14.5 Å². The van der Waals surface area contributed by atoms with E-state index in [-0.39, 0.29) is 17.4 Å². The third-order valence-electron chi connectivity index (χ3n) is 6.36. The summed E-state index contributed by atoms with van der Waals surface area (Å²) in [5.74, 6) is -0.218. The van der Waals surface area contributed by atoms with E-state index in [0.717, 1.165) is 13.1 Å². The van der Waals surface area contributed by atoms with E-state index in [1.54, 1.807) is 47.4 Å². The molecule has 2 aromatic carbocycles. The molecule has 196 valence electrons. The molecule has 2 saturated heterocycles. The van der Waals surface area contributed by atoms with Crippen LogP contribution in [0.2, 0.25) is 0 Å². The minimum atomic E-state index is -0.721. The van der Waals surface area contributed by atoms with E-state index in [2.05, 4.69) is 11.5 Å². The van der Waals surface area contributed by atoms with Crippen molar-refractivity contribution in [3.63, 3.8) is 0 Å². The highest BCUT2D eigenvalue weighted by Crippen LogP contribution is 2.40. The summed E-state index contributed by atoms with van der Waals surface area (Å²) in [5.41, 5.74) is 1.23. The number of hydrogen-bond acceptors (Lipinski definition) is 7. The van der Waals surface area contributed by atoms with Crippen LogP contribution in [0.5, 0.6) is 11.5 Å². The average molecular weight is 507 g/mol. The van der Waals surface area contributed by atoms with Crippen molar-refractivity contribution in [3.05, 3.63) is 77.9 Å². The number of rotatable bonds is 10. The lowest BCUT2D eigenvalue weighted by atomic mass is 9.95. The minimum Gasteiger partial charge on any atom is -0.507 e. The lowest BCUT2D eigenvalue weighted by Crippen LogP contribution is -2.42. The monoisotopic (exact) mass is 506 g/mol. The Labute approximate surface area is 217 Å². The summed E-state index contributed by atoms with van der Waals surface area (Å²) >= 11 is 0. The first-order valence-corrected chi connectivity index (χ1v) is 12.6. The van der Waals surface area contributed by atoms with Crippen LogP contribution < -0.4 is 9.47 Å². The van der Waals surface area contributed by atoms with E-state index in [4.69, 9.17) is 14.2 Å². The SMILES string of the molecule is C=CCOc1ccc(C2/C(=C(/O)c3ccc(OC(C)C)cc3)C(=O)C(=O)N2CCN2CCOCC2)cc1. The maximum Gasteiger partial charge on any atom is 0.295 e. The van der Waals surface area contributed by atoms with Crippen LogP contribution in [0.4, 0.5) is 0 Å². The fraction of sp³-hybridized carbons (Fsp3) is 0.379. The highest BCUT2D eigenvalue weighted by molar-refractivity contribution is 6.46. The number of Topliss-reactive ketones (excluding diaryl/α,β-unsaturated/α-hetero) is 1. The van der Waals surface area contributed by atoms with E-state index in [0.29, 0.717) is 55.5 Å². The third-order valence-corrected chi connectivity index (χ3v) is 6.36. The molecular formula is C29H34N2O6. The molecule has 2 aliphatic rings. The Morgan fingerprint density at radius 3 is 2.32 bits per heavy atom. The van der Waals surface area contributed by atoms with Crippen molar-refractivity contribution in [2.45, 2.75) is 26.0 Å². The van der Waals surface area contributed by atoms with E-state index in [9.17, 15) is 14.7 Å². The summed E-state index contributed by atoms with van der Waals surface area (Å²) in [4.78, 5) is 30.3. The lowest BCUT2D eigenvalue weighted by Gasteiger charge is -2.31. The van der Waals surface area contributed by atoms with Gasteiger partial charge in [-0.15, -0.1) is 0 Å². The number of carbonyl (C=O) groups excluding carboxylic acids is 2. The van der Waals surface area contributed by atoms with Gasteiger partial charge in [-0.05, 0) is 55.8 Å². The largest absolute Gasteiger partial charge is 0.507 e. The van der Waals surface area contributed by atoms with Crippen molar-refractivity contribution < 1.29 is 28.9 Å². The number of amides is 1. The summed E-state index contributed by atoms with van der Waals surface area (Å²) in [7, 11) is 0. The molecule has 0 aromatic heterocycles. The topological polar surface area (TPSA) is 88.5 Å². The van der Waals surface area contributed by atoms with E-state index in [1.165, 1.54) is 0 Å². The summed E-state index contributed by atoms with van der Waals surface area (Å²) in [6.45, 7) is 11.7. The van der Waals surface area contributed by atoms with Gasteiger partial charge in [-0.25, -0.2) is 0 Å². The van der Waals surface area contributed by atoms with Crippen LogP contribution in [0, 0.1) is 0 Å². The van der Waals surface area contributed by atoms with Crippen LogP contribution in [-0.2, 0) is 14.3 Å². The number of aliphatic hydroxyl groups excluding tert-OH is 1. The molecule has 2 heterocycles. The second-order valence-electron chi connectivity index (χ2n) is 9.31. The van der Waals surface area contributed by atoms with Gasteiger partial charge in [0, 0.05) is 31.7 Å². The molecule has 8 heteroatoms. The maximum absolute atomic E-state index is 13.3. The molecule has 4 rings (SSSR count). The molecule has 1 amide bonds. The Hall–Kier alpha value is -3.62. The smallest absolute Gasteiger partial charge is 0.295 e. The number of hydrogen-bond donors (Lipinski definition) is 1. The molecule has 0 radical (unpaired) electrons. The number of ketones is 1. The number of ether oxygens (including phenoxy) is 3. The van der Waals surface area contributed by atoms with Gasteiger partial charge < -0.3 is 24.2 Å². The van der Waals surface area contributed by atoms with Gasteiger partial charge in [0.15, 0.2) is 0 Å². The number of carbonyl (C=O) groups is 2. The van der Waals surface area contributed by atoms with Crippen LogP contribution in [0.3, 0.4) is 0 Å². The normalized spacial score (nSPS) is 19.9. The van der Waals surface area contributed by atoms with Crippen molar-refractivity contribution in [1.29, 1.82) is 0 Å². The highest BCUT2D eigenvalue weighted by Gasteiger charge is 2.46. The van der Waals surface area contributed by atoms with Crippen LogP contribution in [-0.4, -0.2) is 78.7 Å². The molecule has 1 unspecified atom stereocenters. The Morgan fingerprint density at radius 2 is 1.70 bits per heavy atom. The first kappa shape index (κ1) is 26.4. The van der Waals surface area contributed by atoms with Gasteiger partial charge in [0.2, 0.25) is 0 Å². The van der Waals surface area contributed by atoms with Crippen molar-refractivity contribution in [2.75, 3.05) is 46.0 Å². The van der Waals surface area contributed by atoms with Gasteiger partial charge in [-0.1, -0.05) is 24.8 Å². The van der Waals surface area contributed by atoms with E-state index < -0.39 is 17.7 Å². The minimum absolute atomic E-state index is 0.00895.